The molecule has 0 N–H and O–H groups in total. The topological polar surface area (TPSA) is 46.6 Å². The first-order valence-electron chi connectivity index (χ1n) is 5.04. The Balaban J connectivity index is 2.14. The zero-order valence-electron chi connectivity index (χ0n) is 9.21. The van der Waals surface area contributed by atoms with Gasteiger partial charge in [0.05, 0.1) is 18.6 Å². The van der Waals surface area contributed by atoms with Crippen molar-refractivity contribution in [2.45, 2.75) is 13.0 Å². The Kier molecular flexibility index (Phi) is 2.81. The van der Waals surface area contributed by atoms with Gasteiger partial charge in [0.25, 0.3) is 5.91 Å². The predicted octanol–water partition coefficient (Wildman–Crippen LogP) is 2.71. The highest BCUT2D eigenvalue weighted by Crippen LogP contribution is 2.20. The molecule has 84 valence electrons. The monoisotopic (exact) mass is 219 g/mol. The number of furan rings is 2. The smallest absolute Gasteiger partial charge is 0.289 e. The van der Waals surface area contributed by atoms with Crippen molar-refractivity contribution in [2.24, 2.45) is 0 Å². The Morgan fingerprint density at radius 3 is 2.50 bits per heavy atom. The molecule has 0 aliphatic carbocycles. The number of carbonyl (C=O) groups excluding carboxylic acids is 1. The van der Waals surface area contributed by atoms with Crippen molar-refractivity contribution in [1.82, 2.24) is 4.90 Å². The van der Waals surface area contributed by atoms with Crippen molar-refractivity contribution in [2.75, 3.05) is 7.05 Å². The van der Waals surface area contributed by atoms with Crippen LogP contribution in [0.5, 0.6) is 0 Å². The minimum absolute atomic E-state index is 0.118. The Labute approximate surface area is 93.5 Å². The van der Waals surface area contributed by atoms with Crippen molar-refractivity contribution in [3.63, 3.8) is 0 Å². The fourth-order valence-corrected chi connectivity index (χ4v) is 1.47. The minimum atomic E-state index is -0.158. The van der Waals surface area contributed by atoms with Crippen LogP contribution >= 0.6 is 0 Å². The molecule has 1 atom stereocenters. The summed E-state index contributed by atoms with van der Waals surface area (Å²) in [6.45, 7) is 1.90. The second kappa shape index (κ2) is 4.26. The molecule has 2 aromatic rings. The van der Waals surface area contributed by atoms with Crippen molar-refractivity contribution < 1.29 is 13.6 Å². The second-order valence-electron chi connectivity index (χ2n) is 3.58. The summed E-state index contributed by atoms with van der Waals surface area (Å²) < 4.78 is 10.3. The molecule has 0 fully saturated rings. The van der Waals surface area contributed by atoms with Gasteiger partial charge in [0.2, 0.25) is 0 Å². The molecular formula is C12H13NO3. The van der Waals surface area contributed by atoms with E-state index in [1.165, 1.54) is 6.26 Å². The molecule has 0 saturated heterocycles. The van der Waals surface area contributed by atoms with Crippen LogP contribution in [0.15, 0.2) is 45.6 Å². The van der Waals surface area contributed by atoms with Gasteiger partial charge in [-0.25, -0.2) is 0 Å². The minimum Gasteiger partial charge on any atom is -0.467 e. The molecule has 4 nitrogen and oxygen atoms in total. The zero-order valence-corrected chi connectivity index (χ0v) is 9.21. The van der Waals surface area contributed by atoms with Gasteiger partial charge in [-0.05, 0) is 31.2 Å². The summed E-state index contributed by atoms with van der Waals surface area (Å²) in [5.74, 6) is 0.928. The third-order valence-corrected chi connectivity index (χ3v) is 2.59. The molecule has 0 spiro atoms. The summed E-state index contributed by atoms with van der Waals surface area (Å²) in [6.07, 6.45) is 3.08. The van der Waals surface area contributed by atoms with Gasteiger partial charge in [-0.15, -0.1) is 0 Å². The van der Waals surface area contributed by atoms with Gasteiger partial charge in [0, 0.05) is 7.05 Å². The van der Waals surface area contributed by atoms with Crippen molar-refractivity contribution in [1.29, 1.82) is 0 Å². The second-order valence-corrected chi connectivity index (χ2v) is 3.58. The van der Waals surface area contributed by atoms with E-state index in [0.29, 0.717) is 5.76 Å². The van der Waals surface area contributed by atoms with Gasteiger partial charge in [0.15, 0.2) is 5.76 Å². The molecule has 2 aromatic heterocycles. The highest BCUT2D eigenvalue weighted by molar-refractivity contribution is 5.91. The number of nitrogens with zero attached hydrogens (tertiary/aromatic N) is 1. The van der Waals surface area contributed by atoms with Crippen molar-refractivity contribution in [3.8, 4) is 0 Å². The van der Waals surface area contributed by atoms with Crippen LogP contribution in [-0.4, -0.2) is 17.9 Å². The number of carbonyl (C=O) groups is 1. The summed E-state index contributed by atoms with van der Waals surface area (Å²) in [5, 5.41) is 0. The highest BCUT2D eigenvalue weighted by Gasteiger charge is 2.22. The first-order chi connectivity index (χ1) is 7.70. The number of hydrogen-bond acceptors (Lipinski definition) is 3. The SMILES string of the molecule is C[C@H](c1ccco1)N(C)C(=O)c1ccco1. The lowest BCUT2D eigenvalue weighted by molar-refractivity contribution is 0.0694. The molecule has 16 heavy (non-hydrogen) atoms. The predicted molar refractivity (Wildman–Crippen MR) is 57.9 cm³/mol. The van der Waals surface area contributed by atoms with Crippen LogP contribution in [0.3, 0.4) is 0 Å². The normalized spacial score (nSPS) is 12.4. The standard InChI is InChI=1S/C12H13NO3/c1-9(10-5-3-7-15-10)13(2)12(14)11-6-4-8-16-11/h3-9H,1-2H3/t9-/m1/s1. The number of rotatable bonds is 3. The molecule has 2 heterocycles. The van der Waals surface area contributed by atoms with E-state index < -0.39 is 0 Å². The van der Waals surface area contributed by atoms with E-state index in [1.54, 1.807) is 36.4 Å². The quantitative estimate of drug-likeness (QED) is 0.797. The molecule has 0 aromatic carbocycles. The largest absolute Gasteiger partial charge is 0.467 e. The van der Waals surface area contributed by atoms with Crippen LogP contribution in [0.4, 0.5) is 0 Å². The maximum absolute atomic E-state index is 11.9. The van der Waals surface area contributed by atoms with E-state index in [-0.39, 0.29) is 11.9 Å². The van der Waals surface area contributed by atoms with Crippen molar-refractivity contribution >= 4 is 5.91 Å². The molecular weight excluding hydrogens is 206 g/mol. The van der Waals surface area contributed by atoms with E-state index in [0.717, 1.165) is 5.76 Å². The third kappa shape index (κ3) is 1.86. The summed E-state index contributed by atoms with van der Waals surface area (Å²) >= 11 is 0. The molecule has 0 radical (unpaired) electrons. The molecule has 1 amide bonds. The van der Waals surface area contributed by atoms with Crippen LogP contribution in [0.2, 0.25) is 0 Å². The fraction of sp³-hybridized carbons (Fsp3) is 0.250. The highest BCUT2D eigenvalue weighted by atomic mass is 16.3. The maximum atomic E-state index is 11.9. The summed E-state index contributed by atoms with van der Waals surface area (Å²) in [5.41, 5.74) is 0. The first kappa shape index (κ1) is 10.5. The van der Waals surface area contributed by atoms with Gasteiger partial charge in [-0.3, -0.25) is 4.79 Å². The molecule has 0 bridgehead atoms. The Bertz CT molecular complexity index is 445. The third-order valence-electron chi connectivity index (χ3n) is 2.59. The van der Waals surface area contributed by atoms with Crippen LogP contribution in [0.1, 0.15) is 29.3 Å². The number of hydrogen-bond donors (Lipinski definition) is 0. The van der Waals surface area contributed by atoms with Gasteiger partial charge in [-0.1, -0.05) is 0 Å². The summed E-state index contributed by atoms with van der Waals surface area (Å²) in [6, 6.07) is 6.87. The first-order valence-corrected chi connectivity index (χ1v) is 5.04. The molecule has 4 heteroatoms. The molecule has 0 aliphatic rings. The van der Waals surface area contributed by atoms with Crippen LogP contribution in [-0.2, 0) is 0 Å². The van der Waals surface area contributed by atoms with Gasteiger partial charge in [-0.2, -0.15) is 0 Å². The van der Waals surface area contributed by atoms with Crippen molar-refractivity contribution in [3.05, 3.63) is 48.3 Å². The molecule has 0 aliphatic heterocycles. The average Bonchev–Trinajstić information content (AvgIpc) is 2.97. The number of amides is 1. The lowest BCUT2D eigenvalue weighted by atomic mass is 10.2. The maximum Gasteiger partial charge on any atom is 0.289 e. The van der Waals surface area contributed by atoms with Crippen LogP contribution in [0, 0.1) is 0 Å². The Hall–Kier alpha value is -1.97. The summed E-state index contributed by atoms with van der Waals surface area (Å²) in [4.78, 5) is 13.5. The van der Waals surface area contributed by atoms with Gasteiger partial charge < -0.3 is 13.7 Å². The molecule has 0 saturated carbocycles. The van der Waals surface area contributed by atoms with E-state index in [1.807, 2.05) is 13.0 Å². The van der Waals surface area contributed by atoms with Crippen LogP contribution in [0.25, 0.3) is 0 Å². The van der Waals surface area contributed by atoms with E-state index in [2.05, 4.69) is 0 Å². The van der Waals surface area contributed by atoms with E-state index in [4.69, 9.17) is 8.83 Å². The fourth-order valence-electron chi connectivity index (χ4n) is 1.47. The van der Waals surface area contributed by atoms with Gasteiger partial charge >= 0.3 is 0 Å². The Morgan fingerprint density at radius 2 is 1.94 bits per heavy atom. The zero-order chi connectivity index (χ0) is 11.5. The lowest BCUT2D eigenvalue weighted by Crippen LogP contribution is -2.29. The molecule has 0 unspecified atom stereocenters. The van der Waals surface area contributed by atoms with E-state index >= 15 is 0 Å². The van der Waals surface area contributed by atoms with Crippen LogP contribution < -0.4 is 0 Å². The van der Waals surface area contributed by atoms with E-state index in [9.17, 15) is 4.79 Å². The lowest BCUT2D eigenvalue weighted by Gasteiger charge is -2.22. The Morgan fingerprint density at radius 1 is 1.25 bits per heavy atom. The summed E-state index contributed by atoms with van der Waals surface area (Å²) in [7, 11) is 1.72. The van der Waals surface area contributed by atoms with Gasteiger partial charge in [0.1, 0.15) is 5.76 Å². The average molecular weight is 219 g/mol. The molecule has 2 rings (SSSR count).